The summed E-state index contributed by atoms with van der Waals surface area (Å²) in [4.78, 5) is 11.4. The Bertz CT molecular complexity index is 481. The zero-order valence-electron chi connectivity index (χ0n) is 8.64. The smallest absolute Gasteiger partial charge is 0.239 e. The summed E-state index contributed by atoms with van der Waals surface area (Å²) in [6.07, 6.45) is -0.00400. The lowest BCUT2D eigenvalue weighted by molar-refractivity contribution is -0.116. The molecule has 4 nitrogen and oxygen atoms in total. The Morgan fingerprint density at radius 3 is 2.56 bits per heavy atom. The van der Waals surface area contributed by atoms with Gasteiger partial charge in [-0.3, -0.25) is 4.79 Å². The van der Waals surface area contributed by atoms with Gasteiger partial charge in [-0.25, -0.2) is 8.42 Å². The van der Waals surface area contributed by atoms with Crippen molar-refractivity contribution in [1.82, 2.24) is 0 Å². The van der Waals surface area contributed by atoms with Crippen LogP contribution in [0.5, 0.6) is 5.75 Å². The lowest BCUT2D eigenvalue weighted by Crippen LogP contribution is -2.14. The summed E-state index contributed by atoms with van der Waals surface area (Å²) >= 11 is 0. The molecule has 1 rings (SSSR count). The first kappa shape index (κ1) is 13.0. The number of Topliss-reactive ketones (excluding diaryl/α,β-unsaturated/α-hetero) is 1. The zero-order valence-corrected chi connectivity index (χ0v) is 10.2. The number of carbonyl (C=O) groups is 1. The van der Waals surface area contributed by atoms with Crippen LogP contribution >= 0.6 is 10.7 Å². The molecule has 6 heteroatoms. The predicted octanol–water partition coefficient (Wildman–Crippen LogP) is 1.38. The van der Waals surface area contributed by atoms with E-state index in [1.54, 1.807) is 24.3 Å². The van der Waals surface area contributed by atoms with Crippen molar-refractivity contribution in [2.24, 2.45) is 0 Å². The Morgan fingerprint density at radius 1 is 1.38 bits per heavy atom. The Hall–Kier alpha value is -1.07. The Balaban J connectivity index is 2.77. The van der Waals surface area contributed by atoms with Crippen molar-refractivity contribution >= 4 is 25.5 Å². The van der Waals surface area contributed by atoms with Gasteiger partial charge in [0.1, 0.15) is 11.5 Å². The third-order valence-corrected chi connectivity index (χ3v) is 2.91. The molecule has 0 spiro atoms. The van der Waals surface area contributed by atoms with E-state index in [9.17, 15) is 13.2 Å². The van der Waals surface area contributed by atoms with Gasteiger partial charge in [0.2, 0.25) is 9.05 Å². The van der Waals surface area contributed by atoms with Crippen LogP contribution in [0.1, 0.15) is 5.56 Å². The van der Waals surface area contributed by atoms with Crippen LogP contribution in [0, 0.1) is 0 Å². The quantitative estimate of drug-likeness (QED) is 0.752. The molecule has 0 unspecified atom stereocenters. The van der Waals surface area contributed by atoms with E-state index in [-0.39, 0.29) is 6.42 Å². The molecule has 0 fully saturated rings. The van der Waals surface area contributed by atoms with Gasteiger partial charge in [-0.2, -0.15) is 0 Å². The van der Waals surface area contributed by atoms with Gasteiger partial charge < -0.3 is 4.74 Å². The van der Waals surface area contributed by atoms with Gasteiger partial charge in [0.15, 0.2) is 5.78 Å². The molecular formula is C10H11ClO4S. The van der Waals surface area contributed by atoms with E-state index in [0.29, 0.717) is 11.3 Å². The number of benzene rings is 1. The third-order valence-electron chi connectivity index (χ3n) is 1.91. The van der Waals surface area contributed by atoms with Gasteiger partial charge in [0.05, 0.1) is 7.11 Å². The molecule has 0 radical (unpaired) electrons. The number of halogens is 1. The van der Waals surface area contributed by atoms with E-state index in [2.05, 4.69) is 0 Å². The first-order chi connectivity index (χ1) is 7.42. The number of ketones is 1. The van der Waals surface area contributed by atoms with Crippen LogP contribution in [0.4, 0.5) is 0 Å². The van der Waals surface area contributed by atoms with Gasteiger partial charge in [-0.05, 0) is 6.07 Å². The fraction of sp³-hybridized carbons (Fsp3) is 0.300. The van der Waals surface area contributed by atoms with Crippen LogP contribution in [-0.2, 0) is 20.3 Å². The number of methoxy groups -OCH3 is 1. The normalized spacial score (nSPS) is 11.1. The maximum Gasteiger partial charge on any atom is 0.239 e. The minimum Gasteiger partial charge on any atom is -0.496 e. The Morgan fingerprint density at radius 2 is 2.00 bits per heavy atom. The molecule has 0 heterocycles. The third kappa shape index (κ3) is 4.20. The summed E-state index contributed by atoms with van der Waals surface area (Å²) in [6, 6.07) is 6.93. The van der Waals surface area contributed by atoms with Crippen LogP contribution < -0.4 is 4.74 Å². The van der Waals surface area contributed by atoms with Crippen molar-refractivity contribution in [1.29, 1.82) is 0 Å². The second-order valence-electron chi connectivity index (χ2n) is 3.21. The number of hydrogen-bond donors (Lipinski definition) is 0. The van der Waals surface area contributed by atoms with Crippen molar-refractivity contribution in [2.75, 3.05) is 12.9 Å². The maximum absolute atomic E-state index is 11.4. The molecule has 0 aromatic heterocycles. The highest BCUT2D eigenvalue weighted by Gasteiger charge is 2.15. The highest BCUT2D eigenvalue weighted by Crippen LogP contribution is 2.18. The van der Waals surface area contributed by atoms with Crippen LogP contribution in [0.25, 0.3) is 0 Å². The van der Waals surface area contributed by atoms with Crippen LogP contribution in [0.15, 0.2) is 24.3 Å². The summed E-state index contributed by atoms with van der Waals surface area (Å²) in [5.74, 6) is -0.561. The van der Waals surface area contributed by atoms with E-state index < -0.39 is 20.6 Å². The lowest BCUT2D eigenvalue weighted by atomic mass is 10.1. The van der Waals surface area contributed by atoms with Gasteiger partial charge in [0, 0.05) is 22.7 Å². The number of para-hydroxylation sites is 1. The van der Waals surface area contributed by atoms with E-state index in [4.69, 9.17) is 15.4 Å². The first-order valence-corrected chi connectivity index (χ1v) is 6.96. The fourth-order valence-electron chi connectivity index (χ4n) is 1.30. The van der Waals surface area contributed by atoms with Crippen molar-refractivity contribution in [3.05, 3.63) is 29.8 Å². The molecule has 0 amide bonds. The molecule has 0 bridgehead atoms. The molecule has 0 saturated heterocycles. The molecule has 0 aliphatic carbocycles. The van der Waals surface area contributed by atoms with Crippen molar-refractivity contribution in [3.8, 4) is 5.75 Å². The average Bonchev–Trinajstić information content (AvgIpc) is 2.15. The van der Waals surface area contributed by atoms with Gasteiger partial charge in [-0.1, -0.05) is 18.2 Å². The van der Waals surface area contributed by atoms with Crippen LogP contribution in [0.3, 0.4) is 0 Å². The lowest BCUT2D eigenvalue weighted by Gasteiger charge is -2.06. The fourth-order valence-corrected chi connectivity index (χ4v) is 2.16. The summed E-state index contributed by atoms with van der Waals surface area (Å²) in [6.45, 7) is 0. The zero-order chi connectivity index (χ0) is 12.2. The molecule has 16 heavy (non-hydrogen) atoms. The Labute approximate surface area is 98.6 Å². The molecule has 1 aromatic rings. The topological polar surface area (TPSA) is 60.4 Å². The molecule has 0 N–H and O–H groups in total. The standard InChI is InChI=1S/C10H11ClO4S/c1-15-10-5-3-2-4-8(10)6-9(12)7-16(11,13)14/h2-5H,6-7H2,1H3. The molecular weight excluding hydrogens is 252 g/mol. The van der Waals surface area contributed by atoms with Gasteiger partial charge in [0.25, 0.3) is 0 Å². The number of carbonyl (C=O) groups excluding carboxylic acids is 1. The van der Waals surface area contributed by atoms with E-state index in [1.165, 1.54) is 7.11 Å². The molecule has 0 saturated carbocycles. The molecule has 0 atom stereocenters. The van der Waals surface area contributed by atoms with Crippen molar-refractivity contribution < 1.29 is 17.9 Å². The highest BCUT2D eigenvalue weighted by atomic mass is 35.7. The van der Waals surface area contributed by atoms with Crippen LogP contribution in [-0.4, -0.2) is 27.1 Å². The number of rotatable bonds is 5. The number of ether oxygens (including phenoxy) is 1. The van der Waals surface area contributed by atoms with E-state index in [1.807, 2.05) is 0 Å². The molecule has 0 aliphatic heterocycles. The summed E-state index contributed by atoms with van der Waals surface area (Å²) in [5.41, 5.74) is 0.648. The minimum atomic E-state index is -3.78. The minimum absolute atomic E-state index is 0.00400. The largest absolute Gasteiger partial charge is 0.496 e. The number of hydrogen-bond acceptors (Lipinski definition) is 4. The molecule has 0 aliphatic rings. The second-order valence-corrected chi connectivity index (χ2v) is 5.99. The second kappa shape index (κ2) is 5.32. The summed E-state index contributed by atoms with van der Waals surface area (Å²) in [5, 5.41) is 0. The van der Waals surface area contributed by atoms with Gasteiger partial charge in [-0.15, -0.1) is 0 Å². The first-order valence-electron chi connectivity index (χ1n) is 4.48. The van der Waals surface area contributed by atoms with Crippen molar-refractivity contribution in [2.45, 2.75) is 6.42 Å². The summed E-state index contributed by atoms with van der Waals surface area (Å²) < 4.78 is 26.4. The summed E-state index contributed by atoms with van der Waals surface area (Å²) in [7, 11) is 2.69. The van der Waals surface area contributed by atoms with Gasteiger partial charge >= 0.3 is 0 Å². The molecule has 1 aromatic carbocycles. The average molecular weight is 263 g/mol. The molecule has 88 valence electrons. The Kier molecular flexibility index (Phi) is 4.32. The van der Waals surface area contributed by atoms with E-state index >= 15 is 0 Å². The monoisotopic (exact) mass is 262 g/mol. The maximum atomic E-state index is 11.4. The van der Waals surface area contributed by atoms with Crippen molar-refractivity contribution in [3.63, 3.8) is 0 Å². The SMILES string of the molecule is COc1ccccc1CC(=O)CS(=O)(=O)Cl. The van der Waals surface area contributed by atoms with Crippen LogP contribution in [0.2, 0.25) is 0 Å². The van der Waals surface area contributed by atoms with E-state index in [0.717, 1.165) is 0 Å². The predicted molar refractivity (Wildman–Crippen MR) is 61.3 cm³/mol. The highest BCUT2D eigenvalue weighted by molar-refractivity contribution is 8.14.